The van der Waals surface area contributed by atoms with Crippen molar-refractivity contribution < 1.29 is 26.7 Å². The van der Waals surface area contributed by atoms with Gasteiger partial charge in [-0.15, -0.1) is 0 Å². The highest BCUT2D eigenvalue weighted by atomic mass is 32.2. The van der Waals surface area contributed by atoms with E-state index in [4.69, 9.17) is 9.47 Å². The molecule has 0 atom stereocenters. The number of hydrogen-bond donors (Lipinski definition) is 0. The van der Waals surface area contributed by atoms with Gasteiger partial charge in [0.25, 0.3) is 0 Å². The van der Waals surface area contributed by atoms with Gasteiger partial charge in [0, 0.05) is 37.0 Å². The van der Waals surface area contributed by atoms with Crippen LogP contribution in [0.1, 0.15) is 18.4 Å². The van der Waals surface area contributed by atoms with Gasteiger partial charge in [-0.05, 0) is 36.6 Å². The first-order valence-corrected chi connectivity index (χ1v) is 12.2. The predicted molar refractivity (Wildman–Crippen MR) is 119 cm³/mol. The molecule has 4 rings (SSSR count). The number of piperidine rings is 1. The SMILES string of the molecule is CS(=O)(=O)N1CCC(Oc2cc(C#N)cc(Oc3cncc(-c4ccc(F)c(F)c4)c3)n2)CC1. The van der Waals surface area contributed by atoms with E-state index in [1.807, 2.05) is 6.07 Å². The summed E-state index contributed by atoms with van der Waals surface area (Å²) < 4.78 is 63.3. The van der Waals surface area contributed by atoms with Crippen LogP contribution in [0, 0.1) is 23.0 Å². The zero-order valence-electron chi connectivity index (χ0n) is 18.1. The summed E-state index contributed by atoms with van der Waals surface area (Å²) in [6, 6.07) is 10.0. The smallest absolute Gasteiger partial charge is 0.223 e. The van der Waals surface area contributed by atoms with Crippen LogP contribution in [-0.4, -0.2) is 48.1 Å². The summed E-state index contributed by atoms with van der Waals surface area (Å²) in [5, 5.41) is 9.38. The Morgan fingerprint density at radius 1 is 1.03 bits per heavy atom. The second-order valence-electron chi connectivity index (χ2n) is 7.76. The first-order valence-electron chi connectivity index (χ1n) is 10.3. The van der Waals surface area contributed by atoms with Crippen molar-refractivity contribution in [3.05, 3.63) is 66.0 Å². The number of ether oxygens (including phenoxy) is 2. The molecule has 1 aromatic carbocycles. The Kier molecular flexibility index (Phi) is 6.72. The number of benzene rings is 1. The lowest BCUT2D eigenvalue weighted by atomic mass is 10.1. The van der Waals surface area contributed by atoms with Crippen LogP contribution in [0.5, 0.6) is 17.5 Å². The van der Waals surface area contributed by atoms with Crippen molar-refractivity contribution >= 4 is 10.0 Å². The molecular formula is C23H20F2N4O4S. The minimum atomic E-state index is -3.25. The summed E-state index contributed by atoms with van der Waals surface area (Å²) in [4.78, 5) is 8.38. The van der Waals surface area contributed by atoms with E-state index in [9.17, 15) is 22.5 Å². The molecule has 3 aromatic rings. The normalized spacial score (nSPS) is 15.0. The maximum atomic E-state index is 13.6. The number of hydrogen-bond acceptors (Lipinski definition) is 7. The molecule has 1 aliphatic heterocycles. The number of nitrogens with zero attached hydrogens (tertiary/aromatic N) is 4. The third-order valence-electron chi connectivity index (χ3n) is 5.25. The fourth-order valence-corrected chi connectivity index (χ4v) is 4.41. The third-order valence-corrected chi connectivity index (χ3v) is 6.56. The number of rotatable bonds is 6. The van der Waals surface area contributed by atoms with Gasteiger partial charge in [-0.2, -0.15) is 10.2 Å². The Morgan fingerprint density at radius 3 is 2.44 bits per heavy atom. The summed E-state index contributed by atoms with van der Waals surface area (Å²) in [6.45, 7) is 0.681. The van der Waals surface area contributed by atoms with Crippen molar-refractivity contribution in [2.24, 2.45) is 0 Å². The maximum Gasteiger partial charge on any atom is 0.223 e. The van der Waals surface area contributed by atoms with Crippen molar-refractivity contribution in [2.45, 2.75) is 18.9 Å². The van der Waals surface area contributed by atoms with Gasteiger partial charge in [0.05, 0.1) is 24.1 Å². The highest BCUT2D eigenvalue weighted by molar-refractivity contribution is 7.88. The Hall–Kier alpha value is -3.62. The van der Waals surface area contributed by atoms with Gasteiger partial charge in [0.2, 0.25) is 21.8 Å². The molecule has 0 amide bonds. The fraction of sp³-hybridized carbons (Fsp3) is 0.261. The van der Waals surface area contributed by atoms with Gasteiger partial charge in [-0.3, -0.25) is 4.98 Å². The van der Waals surface area contributed by atoms with Crippen LogP contribution >= 0.6 is 0 Å². The third kappa shape index (κ3) is 5.65. The molecule has 0 saturated carbocycles. The molecule has 8 nitrogen and oxygen atoms in total. The van der Waals surface area contributed by atoms with Crippen LogP contribution in [0.2, 0.25) is 0 Å². The largest absolute Gasteiger partial charge is 0.474 e. The van der Waals surface area contributed by atoms with Crippen LogP contribution in [-0.2, 0) is 10.0 Å². The van der Waals surface area contributed by atoms with Crippen LogP contribution in [0.15, 0.2) is 48.8 Å². The molecule has 1 aliphatic rings. The molecule has 1 fully saturated rings. The van der Waals surface area contributed by atoms with Gasteiger partial charge in [-0.1, -0.05) is 6.07 Å². The van der Waals surface area contributed by atoms with Crippen LogP contribution in [0.25, 0.3) is 11.1 Å². The van der Waals surface area contributed by atoms with Gasteiger partial charge in [-0.25, -0.2) is 21.5 Å². The fourth-order valence-electron chi connectivity index (χ4n) is 3.54. The Morgan fingerprint density at radius 2 is 1.76 bits per heavy atom. The minimum Gasteiger partial charge on any atom is -0.474 e. The average molecular weight is 487 g/mol. The molecular weight excluding hydrogens is 466 g/mol. The molecule has 0 radical (unpaired) electrons. The molecule has 0 bridgehead atoms. The molecule has 34 heavy (non-hydrogen) atoms. The van der Waals surface area contributed by atoms with Crippen molar-refractivity contribution in [3.63, 3.8) is 0 Å². The molecule has 0 aliphatic carbocycles. The summed E-state index contributed by atoms with van der Waals surface area (Å²) in [7, 11) is -3.25. The minimum absolute atomic E-state index is 0.0897. The zero-order valence-corrected chi connectivity index (χ0v) is 18.9. The summed E-state index contributed by atoms with van der Waals surface area (Å²) in [5.74, 6) is -1.38. The van der Waals surface area contributed by atoms with Crippen molar-refractivity contribution in [1.82, 2.24) is 14.3 Å². The van der Waals surface area contributed by atoms with E-state index in [0.29, 0.717) is 37.1 Å². The van der Waals surface area contributed by atoms with E-state index in [0.717, 1.165) is 12.1 Å². The maximum absolute atomic E-state index is 13.6. The van der Waals surface area contributed by atoms with Gasteiger partial charge < -0.3 is 9.47 Å². The predicted octanol–water partition coefficient (Wildman–Crippen LogP) is 3.89. The number of aromatic nitrogens is 2. The number of pyridine rings is 2. The highest BCUT2D eigenvalue weighted by Gasteiger charge is 2.26. The lowest BCUT2D eigenvalue weighted by Crippen LogP contribution is -2.41. The molecule has 3 heterocycles. The van der Waals surface area contributed by atoms with Gasteiger partial charge in [0.1, 0.15) is 11.9 Å². The molecule has 0 spiro atoms. The molecule has 1 saturated heterocycles. The lowest BCUT2D eigenvalue weighted by molar-refractivity contribution is 0.129. The van der Waals surface area contributed by atoms with Gasteiger partial charge in [0.15, 0.2) is 11.6 Å². The van der Waals surface area contributed by atoms with E-state index in [1.165, 1.54) is 41.2 Å². The average Bonchev–Trinajstić information content (AvgIpc) is 2.80. The van der Waals surface area contributed by atoms with E-state index in [2.05, 4.69) is 9.97 Å². The van der Waals surface area contributed by atoms with E-state index < -0.39 is 21.7 Å². The van der Waals surface area contributed by atoms with Crippen LogP contribution in [0.3, 0.4) is 0 Å². The first kappa shape index (κ1) is 23.5. The van der Waals surface area contributed by atoms with Crippen LogP contribution < -0.4 is 9.47 Å². The lowest BCUT2D eigenvalue weighted by Gasteiger charge is -2.30. The monoisotopic (exact) mass is 486 g/mol. The second-order valence-corrected chi connectivity index (χ2v) is 9.75. The topological polar surface area (TPSA) is 105 Å². The highest BCUT2D eigenvalue weighted by Crippen LogP contribution is 2.29. The first-order chi connectivity index (χ1) is 16.2. The number of halogens is 2. The quantitative estimate of drug-likeness (QED) is 0.520. The Balaban J connectivity index is 1.50. The summed E-state index contributed by atoms with van der Waals surface area (Å²) in [5.41, 5.74) is 1.18. The van der Waals surface area contributed by atoms with E-state index in [1.54, 1.807) is 6.07 Å². The van der Waals surface area contributed by atoms with E-state index >= 15 is 0 Å². The summed E-state index contributed by atoms with van der Waals surface area (Å²) >= 11 is 0. The van der Waals surface area contributed by atoms with Crippen molar-refractivity contribution in [2.75, 3.05) is 19.3 Å². The van der Waals surface area contributed by atoms with E-state index in [-0.39, 0.29) is 29.2 Å². The number of nitriles is 1. The Labute approximate surface area is 195 Å². The summed E-state index contributed by atoms with van der Waals surface area (Å²) in [6.07, 6.45) is 4.79. The number of sulfonamides is 1. The molecule has 11 heteroatoms. The van der Waals surface area contributed by atoms with Crippen molar-refractivity contribution in [3.8, 4) is 34.7 Å². The second kappa shape index (κ2) is 9.70. The molecule has 0 N–H and O–H groups in total. The standard InChI is InChI=1S/C23H20F2N4O4S/c1-34(30,31)29-6-4-18(5-7-29)32-22-8-15(12-26)9-23(28-22)33-19-10-17(13-27-14-19)16-2-3-20(24)21(25)11-16/h2-3,8-11,13-14,18H,4-7H2,1H3. The van der Waals surface area contributed by atoms with Crippen LogP contribution in [0.4, 0.5) is 8.78 Å². The molecule has 0 unspecified atom stereocenters. The molecule has 176 valence electrons. The molecule has 2 aromatic heterocycles. The van der Waals surface area contributed by atoms with Gasteiger partial charge >= 0.3 is 0 Å². The zero-order chi connectivity index (χ0) is 24.3. The van der Waals surface area contributed by atoms with Crippen molar-refractivity contribution in [1.29, 1.82) is 5.26 Å². The Bertz CT molecular complexity index is 1350.